The van der Waals surface area contributed by atoms with E-state index in [-0.39, 0.29) is 0 Å². The highest BCUT2D eigenvalue weighted by atomic mass is 16.5. The van der Waals surface area contributed by atoms with E-state index in [9.17, 15) is 4.79 Å². The second kappa shape index (κ2) is 5.77. The summed E-state index contributed by atoms with van der Waals surface area (Å²) in [5.74, 6) is 0.346. The van der Waals surface area contributed by atoms with Crippen molar-refractivity contribution >= 4 is 12.0 Å². The van der Waals surface area contributed by atoms with Gasteiger partial charge >= 0.3 is 5.97 Å². The molecular weight excluding hydrogens is 244 g/mol. The van der Waals surface area contributed by atoms with E-state index >= 15 is 0 Å². The van der Waals surface area contributed by atoms with Crippen molar-refractivity contribution in [2.24, 2.45) is 0 Å². The minimum absolute atomic E-state index is 0.579. The topological polar surface area (TPSA) is 72.3 Å². The number of carbonyl (C=O) groups is 1. The van der Waals surface area contributed by atoms with Crippen molar-refractivity contribution in [2.45, 2.75) is 0 Å². The third-order valence-corrected chi connectivity index (χ3v) is 2.44. The van der Waals surface area contributed by atoms with Gasteiger partial charge in [0, 0.05) is 29.6 Å². The van der Waals surface area contributed by atoms with Gasteiger partial charge in [-0.1, -0.05) is 0 Å². The fraction of sp³-hybridized carbons (Fsp3) is 0.0714. The van der Waals surface area contributed by atoms with Gasteiger partial charge in [-0.05, 0) is 30.3 Å². The summed E-state index contributed by atoms with van der Waals surface area (Å²) < 4.78 is 5.07. The van der Waals surface area contributed by atoms with Gasteiger partial charge in [-0.3, -0.25) is 0 Å². The quantitative estimate of drug-likeness (QED) is 0.849. The summed E-state index contributed by atoms with van der Waals surface area (Å²) in [6.45, 7) is 0. The van der Waals surface area contributed by atoms with Crippen molar-refractivity contribution in [3.05, 3.63) is 48.3 Å². The Kier molecular flexibility index (Phi) is 3.87. The Morgan fingerprint density at radius 1 is 1.21 bits per heavy atom. The number of hydrogen-bond donors (Lipinski definition) is 1. The monoisotopic (exact) mass is 256 g/mol. The molecule has 0 radical (unpaired) electrons. The van der Waals surface area contributed by atoms with Gasteiger partial charge in [0.25, 0.3) is 0 Å². The van der Waals surface area contributed by atoms with Gasteiger partial charge < -0.3 is 9.84 Å². The number of benzene rings is 1. The van der Waals surface area contributed by atoms with Crippen LogP contribution < -0.4 is 4.74 Å². The summed E-state index contributed by atoms with van der Waals surface area (Å²) >= 11 is 0. The van der Waals surface area contributed by atoms with E-state index in [1.54, 1.807) is 19.5 Å². The highest BCUT2D eigenvalue weighted by Crippen LogP contribution is 2.18. The van der Waals surface area contributed by atoms with Crippen molar-refractivity contribution in [3.8, 4) is 17.1 Å². The van der Waals surface area contributed by atoms with Gasteiger partial charge in [-0.25, -0.2) is 14.8 Å². The van der Waals surface area contributed by atoms with Crippen LogP contribution in [-0.2, 0) is 4.79 Å². The second-order valence-corrected chi connectivity index (χ2v) is 3.74. The molecule has 0 atom stereocenters. The maximum atomic E-state index is 10.4. The highest BCUT2D eigenvalue weighted by Gasteiger charge is 2.01. The van der Waals surface area contributed by atoms with Crippen LogP contribution in [0, 0.1) is 0 Å². The molecule has 0 amide bonds. The first-order valence-corrected chi connectivity index (χ1v) is 5.56. The molecule has 2 aromatic rings. The number of ether oxygens (including phenoxy) is 1. The Morgan fingerprint density at radius 3 is 2.37 bits per heavy atom. The standard InChI is InChI=1S/C14H12N2O3/c1-19-12-5-3-11(4-6-12)14-15-8-10(9-16-14)2-7-13(17)18/h2-9H,1H3,(H,17,18)/b7-2+. The van der Waals surface area contributed by atoms with E-state index in [2.05, 4.69) is 9.97 Å². The van der Waals surface area contributed by atoms with Crippen LogP contribution in [0.15, 0.2) is 42.7 Å². The first-order chi connectivity index (χ1) is 9.19. The molecule has 96 valence electrons. The fourth-order valence-corrected chi connectivity index (χ4v) is 1.48. The predicted octanol–water partition coefficient (Wildman–Crippen LogP) is 2.25. The molecule has 0 saturated heterocycles. The predicted molar refractivity (Wildman–Crippen MR) is 70.7 cm³/mol. The number of hydrogen-bond acceptors (Lipinski definition) is 4. The summed E-state index contributed by atoms with van der Waals surface area (Å²) in [6.07, 6.45) is 5.64. The maximum Gasteiger partial charge on any atom is 0.328 e. The van der Waals surface area contributed by atoms with Crippen LogP contribution >= 0.6 is 0 Å². The minimum Gasteiger partial charge on any atom is -0.497 e. The molecule has 19 heavy (non-hydrogen) atoms. The molecule has 1 aromatic carbocycles. The minimum atomic E-state index is -1.00. The molecule has 1 N–H and O–H groups in total. The van der Waals surface area contributed by atoms with Crippen molar-refractivity contribution in [1.82, 2.24) is 9.97 Å². The van der Waals surface area contributed by atoms with Gasteiger partial charge in [0.2, 0.25) is 0 Å². The van der Waals surface area contributed by atoms with E-state index in [1.165, 1.54) is 6.08 Å². The molecule has 0 aliphatic heterocycles. The molecule has 1 heterocycles. The highest BCUT2D eigenvalue weighted by molar-refractivity contribution is 5.85. The SMILES string of the molecule is COc1ccc(-c2ncc(/C=C/C(=O)O)cn2)cc1. The fourth-order valence-electron chi connectivity index (χ4n) is 1.48. The smallest absolute Gasteiger partial charge is 0.328 e. The lowest BCUT2D eigenvalue weighted by atomic mass is 10.2. The summed E-state index contributed by atoms with van der Waals surface area (Å²) in [4.78, 5) is 18.8. The van der Waals surface area contributed by atoms with Crippen molar-refractivity contribution < 1.29 is 14.6 Å². The zero-order valence-corrected chi connectivity index (χ0v) is 10.3. The Bertz CT molecular complexity index is 589. The molecule has 1 aromatic heterocycles. The Balaban J connectivity index is 2.19. The molecule has 0 bridgehead atoms. The third kappa shape index (κ3) is 3.38. The van der Waals surface area contributed by atoms with E-state index in [0.29, 0.717) is 11.4 Å². The Morgan fingerprint density at radius 2 is 1.84 bits per heavy atom. The number of rotatable bonds is 4. The number of carboxylic acids is 1. The molecule has 0 aliphatic carbocycles. The lowest BCUT2D eigenvalue weighted by Gasteiger charge is -2.02. The molecule has 5 nitrogen and oxygen atoms in total. The number of nitrogens with zero attached hydrogens (tertiary/aromatic N) is 2. The molecule has 0 spiro atoms. The molecule has 2 rings (SSSR count). The van der Waals surface area contributed by atoms with Crippen LogP contribution in [0.1, 0.15) is 5.56 Å². The van der Waals surface area contributed by atoms with Crippen molar-refractivity contribution in [2.75, 3.05) is 7.11 Å². The van der Waals surface area contributed by atoms with Crippen LogP contribution in [0.3, 0.4) is 0 Å². The molecule has 5 heteroatoms. The zero-order chi connectivity index (χ0) is 13.7. The number of aromatic nitrogens is 2. The average molecular weight is 256 g/mol. The van der Waals surface area contributed by atoms with Gasteiger partial charge in [0.1, 0.15) is 5.75 Å². The van der Waals surface area contributed by atoms with Crippen LogP contribution in [0.25, 0.3) is 17.5 Å². The zero-order valence-electron chi connectivity index (χ0n) is 10.3. The first-order valence-electron chi connectivity index (χ1n) is 5.56. The third-order valence-electron chi connectivity index (χ3n) is 2.44. The molecule has 0 unspecified atom stereocenters. The normalized spacial score (nSPS) is 10.6. The van der Waals surface area contributed by atoms with E-state index in [4.69, 9.17) is 9.84 Å². The molecule has 0 saturated carbocycles. The Labute approximate surface area is 110 Å². The van der Waals surface area contributed by atoms with Crippen molar-refractivity contribution in [3.63, 3.8) is 0 Å². The van der Waals surface area contributed by atoms with E-state index in [0.717, 1.165) is 17.4 Å². The van der Waals surface area contributed by atoms with Crippen LogP contribution in [-0.4, -0.2) is 28.2 Å². The average Bonchev–Trinajstić information content (AvgIpc) is 2.46. The summed E-state index contributed by atoms with van der Waals surface area (Å²) in [6, 6.07) is 7.38. The second-order valence-electron chi connectivity index (χ2n) is 3.74. The largest absolute Gasteiger partial charge is 0.497 e. The Hall–Kier alpha value is -2.69. The summed E-state index contributed by atoms with van der Waals surface area (Å²) in [5.41, 5.74) is 1.51. The van der Waals surface area contributed by atoms with Gasteiger partial charge in [0.15, 0.2) is 5.82 Å². The molecule has 0 fully saturated rings. The lowest BCUT2D eigenvalue weighted by molar-refractivity contribution is -0.131. The first kappa shape index (κ1) is 12.8. The van der Waals surface area contributed by atoms with Gasteiger partial charge in [-0.2, -0.15) is 0 Å². The lowest BCUT2D eigenvalue weighted by Crippen LogP contribution is -1.91. The summed E-state index contributed by atoms with van der Waals surface area (Å²) in [7, 11) is 1.61. The molecular formula is C14H12N2O3. The van der Waals surface area contributed by atoms with Crippen molar-refractivity contribution in [1.29, 1.82) is 0 Å². The number of methoxy groups -OCH3 is 1. The number of carboxylic acid groups (broad SMARTS) is 1. The summed E-state index contributed by atoms with van der Waals surface area (Å²) in [5, 5.41) is 8.52. The maximum absolute atomic E-state index is 10.4. The van der Waals surface area contributed by atoms with E-state index < -0.39 is 5.97 Å². The number of aliphatic carboxylic acids is 1. The van der Waals surface area contributed by atoms with Gasteiger partial charge in [-0.15, -0.1) is 0 Å². The van der Waals surface area contributed by atoms with Crippen LogP contribution in [0.2, 0.25) is 0 Å². The molecule has 0 aliphatic rings. The van der Waals surface area contributed by atoms with Gasteiger partial charge in [0.05, 0.1) is 7.11 Å². The van der Waals surface area contributed by atoms with Crippen LogP contribution in [0.5, 0.6) is 5.75 Å². The van der Waals surface area contributed by atoms with E-state index in [1.807, 2.05) is 24.3 Å². The van der Waals surface area contributed by atoms with Crippen LogP contribution in [0.4, 0.5) is 0 Å².